The molecular weight excluding hydrogens is 233 g/mol. The van der Waals surface area contributed by atoms with Gasteiger partial charge in [0.05, 0.1) is 11.6 Å². The van der Waals surface area contributed by atoms with Crippen molar-refractivity contribution in [2.45, 2.75) is 31.9 Å². The maximum Gasteiger partial charge on any atom is 0.134 e. The zero-order valence-corrected chi connectivity index (χ0v) is 10.9. The van der Waals surface area contributed by atoms with Crippen LogP contribution in [0.5, 0.6) is 0 Å². The van der Waals surface area contributed by atoms with Crippen molar-refractivity contribution in [1.82, 2.24) is 0 Å². The number of rotatable bonds is 4. The molecule has 0 bridgehead atoms. The van der Waals surface area contributed by atoms with Gasteiger partial charge in [0.1, 0.15) is 17.2 Å². The first-order valence-corrected chi connectivity index (χ1v) is 5.91. The molecule has 0 aliphatic heterocycles. The lowest BCUT2D eigenvalue weighted by Crippen LogP contribution is -2.28. The molecule has 3 nitrogen and oxygen atoms in total. The molecule has 0 fully saturated rings. The molecule has 2 rings (SSSR count). The Bertz CT molecular complexity index is 548. The van der Waals surface area contributed by atoms with E-state index in [2.05, 4.69) is 0 Å². The molecule has 2 N–H and O–H groups in total. The third-order valence-corrected chi connectivity index (χ3v) is 3.13. The third kappa shape index (κ3) is 2.71. The van der Waals surface area contributed by atoms with Crippen LogP contribution in [0.25, 0.3) is 11.0 Å². The average molecular weight is 251 g/mol. The highest BCUT2D eigenvalue weighted by molar-refractivity contribution is 5.78. The first-order valence-electron chi connectivity index (χ1n) is 5.91. The average Bonchev–Trinajstić information content (AvgIpc) is 2.71. The zero-order valence-electron chi connectivity index (χ0n) is 10.9. The van der Waals surface area contributed by atoms with Crippen molar-refractivity contribution >= 4 is 11.0 Å². The van der Waals surface area contributed by atoms with Crippen molar-refractivity contribution in [1.29, 1.82) is 0 Å². The summed E-state index contributed by atoms with van der Waals surface area (Å²) in [6.07, 6.45) is 0.631. The van der Waals surface area contributed by atoms with E-state index in [-0.39, 0.29) is 17.5 Å². The van der Waals surface area contributed by atoms with E-state index in [0.717, 1.165) is 5.39 Å². The summed E-state index contributed by atoms with van der Waals surface area (Å²) in [4.78, 5) is 0. The molecule has 0 aliphatic rings. The monoisotopic (exact) mass is 251 g/mol. The van der Waals surface area contributed by atoms with Crippen LogP contribution in [-0.2, 0) is 4.74 Å². The van der Waals surface area contributed by atoms with E-state index in [1.54, 1.807) is 19.2 Å². The Labute approximate surface area is 106 Å². The molecule has 1 aromatic heterocycles. The summed E-state index contributed by atoms with van der Waals surface area (Å²) >= 11 is 0. The van der Waals surface area contributed by atoms with Crippen molar-refractivity contribution in [2.75, 3.05) is 7.11 Å². The molecule has 0 radical (unpaired) electrons. The summed E-state index contributed by atoms with van der Waals surface area (Å²) in [5.74, 6) is 0.376. The molecular formula is C14H18FNO2. The van der Waals surface area contributed by atoms with Crippen LogP contribution in [0.15, 0.2) is 28.7 Å². The minimum Gasteiger partial charge on any atom is -0.459 e. The molecule has 1 atom stereocenters. The first-order chi connectivity index (χ1) is 8.41. The fraction of sp³-hybridized carbons (Fsp3) is 0.429. The Hall–Kier alpha value is -1.39. The van der Waals surface area contributed by atoms with Crippen molar-refractivity contribution in [2.24, 2.45) is 5.73 Å². The lowest BCUT2D eigenvalue weighted by Gasteiger charge is -2.25. The summed E-state index contributed by atoms with van der Waals surface area (Å²) in [6.45, 7) is 3.93. The molecule has 18 heavy (non-hydrogen) atoms. The van der Waals surface area contributed by atoms with Gasteiger partial charge in [-0.15, -0.1) is 0 Å². The van der Waals surface area contributed by atoms with E-state index in [9.17, 15) is 4.39 Å². The number of nitrogens with two attached hydrogens (primary N) is 1. The summed E-state index contributed by atoms with van der Waals surface area (Å²) in [5, 5.41) is 0.732. The topological polar surface area (TPSA) is 48.4 Å². The van der Waals surface area contributed by atoms with E-state index in [4.69, 9.17) is 14.9 Å². The maximum atomic E-state index is 13.1. The Kier molecular flexibility index (Phi) is 3.41. The van der Waals surface area contributed by atoms with Gasteiger partial charge in [0.2, 0.25) is 0 Å². The maximum absolute atomic E-state index is 13.1. The van der Waals surface area contributed by atoms with Gasteiger partial charge in [-0.05, 0) is 44.5 Å². The van der Waals surface area contributed by atoms with Crippen LogP contribution in [0, 0.1) is 5.82 Å². The number of furan rings is 1. The molecule has 1 unspecified atom stereocenters. The van der Waals surface area contributed by atoms with Gasteiger partial charge in [0.15, 0.2) is 0 Å². The number of hydrogen-bond acceptors (Lipinski definition) is 3. The number of fused-ring (bicyclic) bond motifs is 1. The fourth-order valence-corrected chi connectivity index (χ4v) is 1.93. The molecule has 1 heterocycles. The SMILES string of the molecule is COC(C)(C)CC(N)c1cc2cc(F)ccc2o1. The van der Waals surface area contributed by atoms with Crippen LogP contribution < -0.4 is 5.73 Å². The summed E-state index contributed by atoms with van der Waals surface area (Å²) in [5.41, 5.74) is 6.43. The van der Waals surface area contributed by atoms with Crippen LogP contribution >= 0.6 is 0 Å². The molecule has 4 heteroatoms. The molecule has 1 aromatic carbocycles. The summed E-state index contributed by atoms with van der Waals surface area (Å²) in [7, 11) is 1.65. The molecule has 0 amide bonds. The fourth-order valence-electron chi connectivity index (χ4n) is 1.93. The number of hydrogen-bond donors (Lipinski definition) is 1. The number of methoxy groups -OCH3 is 1. The van der Waals surface area contributed by atoms with Gasteiger partial charge in [-0.3, -0.25) is 0 Å². The molecule has 0 saturated heterocycles. The van der Waals surface area contributed by atoms with Crippen molar-refractivity contribution in [3.63, 3.8) is 0 Å². The van der Waals surface area contributed by atoms with Crippen molar-refractivity contribution in [3.05, 3.63) is 35.8 Å². The second kappa shape index (κ2) is 4.71. The standard InChI is InChI=1S/C14H18FNO2/c1-14(2,17-3)8-11(16)13-7-9-6-10(15)4-5-12(9)18-13/h4-7,11H,8,16H2,1-3H3. The van der Waals surface area contributed by atoms with Gasteiger partial charge in [-0.2, -0.15) is 0 Å². The van der Waals surface area contributed by atoms with Gasteiger partial charge in [-0.25, -0.2) is 4.39 Å². The molecule has 2 aromatic rings. The predicted molar refractivity (Wildman–Crippen MR) is 68.8 cm³/mol. The number of ether oxygens (including phenoxy) is 1. The van der Waals surface area contributed by atoms with E-state index < -0.39 is 0 Å². The van der Waals surface area contributed by atoms with Crippen molar-refractivity contribution < 1.29 is 13.5 Å². The van der Waals surface area contributed by atoms with Gasteiger partial charge in [0.25, 0.3) is 0 Å². The Morgan fingerprint density at radius 1 is 1.39 bits per heavy atom. The van der Waals surface area contributed by atoms with E-state index in [0.29, 0.717) is 17.8 Å². The highest BCUT2D eigenvalue weighted by atomic mass is 19.1. The Morgan fingerprint density at radius 2 is 2.11 bits per heavy atom. The van der Waals surface area contributed by atoms with Gasteiger partial charge in [0, 0.05) is 12.5 Å². The van der Waals surface area contributed by atoms with Crippen LogP contribution in [0.1, 0.15) is 32.1 Å². The van der Waals surface area contributed by atoms with Gasteiger partial charge in [-0.1, -0.05) is 0 Å². The Balaban J connectivity index is 2.25. The third-order valence-electron chi connectivity index (χ3n) is 3.13. The minimum atomic E-state index is -0.316. The zero-order chi connectivity index (χ0) is 13.3. The van der Waals surface area contributed by atoms with Gasteiger partial charge < -0.3 is 14.9 Å². The summed E-state index contributed by atoms with van der Waals surface area (Å²) < 4.78 is 24.0. The normalized spacial score (nSPS) is 14.1. The van der Waals surface area contributed by atoms with Crippen LogP contribution in [0.3, 0.4) is 0 Å². The van der Waals surface area contributed by atoms with E-state index in [1.165, 1.54) is 12.1 Å². The highest BCUT2D eigenvalue weighted by Gasteiger charge is 2.23. The van der Waals surface area contributed by atoms with E-state index >= 15 is 0 Å². The number of benzene rings is 1. The molecule has 0 saturated carbocycles. The first kappa shape index (κ1) is 13.1. The van der Waals surface area contributed by atoms with Crippen LogP contribution in [-0.4, -0.2) is 12.7 Å². The van der Waals surface area contributed by atoms with Gasteiger partial charge >= 0.3 is 0 Å². The minimum absolute atomic E-state index is 0.268. The Morgan fingerprint density at radius 3 is 2.78 bits per heavy atom. The lowest BCUT2D eigenvalue weighted by molar-refractivity contribution is 0.00854. The van der Waals surface area contributed by atoms with Crippen LogP contribution in [0.4, 0.5) is 4.39 Å². The summed E-state index contributed by atoms with van der Waals surface area (Å²) in [6, 6.07) is 5.95. The van der Waals surface area contributed by atoms with Crippen LogP contribution in [0.2, 0.25) is 0 Å². The molecule has 98 valence electrons. The smallest absolute Gasteiger partial charge is 0.134 e. The second-order valence-electron chi connectivity index (χ2n) is 5.11. The largest absolute Gasteiger partial charge is 0.459 e. The molecule has 0 aliphatic carbocycles. The quantitative estimate of drug-likeness (QED) is 0.906. The predicted octanol–water partition coefficient (Wildman–Crippen LogP) is 3.39. The molecule has 0 spiro atoms. The lowest BCUT2D eigenvalue weighted by atomic mass is 9.98. The van der Waals surface area contributed by atoms with E-state index in [1.807, 2.05) is 13.8 Å². The highest BCUT2D eigenvalue weighted by Crippen LogP contribution is 2.29. The second-order valence-corrected chi connectivity index (χ2v) is 5.11. The van der Waals surface area contributed by atoms with Crippen molar-refractivity contribution in [3.8, 4) is 0 Å². The number of halogens is 1.